The Hall–Kier alpha value is -2.48. The number of carbonyl (C=O) groups excluding carboxylic acids is 2. The number of aromatic nitrogens is 2. The van der Waals surface area contributed by atoms with Crippen molar-refractivity contribution in [2.24, 2.45) is 13.0 Å². The summed E-state index contributed by atoms with van der Waals surface area (Å²) in [5, 5.41) is 2.34. The maximum Gasteiger partial charge on any atom is 0.295 e. The molecule has 1 N–H and O–H groups in total. The fourth-order valence-corrected chi connectivity index (χ4v) is 4.34. The molecule has 1 aromatic heterocycles. The van der Waals surface area contributed by atoms with Crippen molar-refractivity contribution in [2.45, 2.75) is 38.9 Å². The number of rotatable bonds is 6. The molecule has 2 aromatic rings. The van der Waals surface area contributed by atoms with Gasteiger partial charge in [0.15, 0.2) is 0 Å². The van der Waals surface area contributed by atoms with Gasteiger partial charge in [-0.1, -0.05) is 25.1 Å². The first-order chi connectivity index (χ1) is 14.3. The van der Waals surface area contributed by atoms with Crippen molar-refractivity contribution in [1.82, 2.24) is 14.3 Å². The highest BCUT2D eigenvalue weighted by molar-refractivity contribution is 8.01. The predicted molar refractivity (Wildman–Crippen MR) is 121 cm³/mol. The molecule has 30 heavy (non-hydrogen) atoms. The van der Waals surface area contributed by atoms with E-state index in [0.29, 0.717) is 11.6 Å². The van der Waals surface area contributed by atoms with Gasteiger partial charge >= 0.3 is 0 Å². The lowest BCUT2D eigenvalue weighted by atomic mass is 9.99. The molecule has 7 nitrogen and oxygen atoms in total. The number of carbonyl (C=O) groups is 2. The Bertz CT molecular complexity index is 959. The van der Waals surface area contributed by atoms with E-state index in [2.05, 4.69) is 12.2 Å². The number of thioether (sulfide) groups is 1. The zero-order valence-corrected chi connectivity index (χ0v) is 18.9. The Balaban J connectivity index is 1.63. The lowest BCUT2D eigenvalue weighted by Crippen LogP contribution is -2.39. The fraction of sp³-hybridized carbons (Fsp3) is 0.500. The molecule has 0 bridgehead atoms. The summed E-state index contributed by atoms with van der Waals surface area (Å²) < 4.78 is 3.26. The van der Waals surface area contributed by atoms with Crippen molar-refractivity contribution in [3.63, 3.8) is 0 Å². The van der Waals surface area contributed by atoms with Crippen molar-refractivity contribution in [1.29, 1.82) is 0 Å². The molecule has 1 atom stereocenters. The molecule has 162 valence electrons. The zero-order valence-electron chi connectivity index (χ0n) is 18.1. The van der Waals surface area contributed by atoms with Crippen LogP contribution in [-0.4, -0.2) is 50.2 Å². The summed E-state index contributed by atoms with van der Waals surface area (Å²) in [4.78, 5) is 39.9. The maximum atomic E-state index is 12.9. The number of piperidine rings is 1. The monoisotopic (exact) mass is 430 g/mol. The fourth-order valence-electron chi connectivity index (χ4n) is 3.56. The number of amides is 2. The average molecular weight is 431 g/mol. The number of likely N-dealkylation sites (tertiary alicyclic amines) is 1. The van der Waals surface area contributed by atoms with E-state index in [1.807, 2.05) is 35.2 Å². The van der Waals surface area contributed by atoms with E-state index >= 15 is 0 Å². The summed E-state index contributed by atoms with van der Waals surface area (Å²) in [6, 6.07) is 9.30. The van der Waals surface area contributed by atoms with Crippen LogP contribution < -0.4 is 10.9 Å². The van der Waals surface area contributed by atoms with Gasteiger partial charge in [0.2, 0.25) is 11.8 Å². The van der Waals surface area contributed by atoms with Crippen LogP contribution in [-0.2, 0) is 16.6 Å². The molecule has 0 saturated carbocycles. The Morgan fingerprint density at radius 1 is 1.20 bits per heavy atom. The van der Waals surface area contributed by atoms with Gasteiger partial charge in [0.05, 0.1) is 22.4 Å². The second-order valence-corrected chi connectivity index (χ2v) is 9.27. The summed E-state index contributed by atoms with van der Waals surface area (Å²) >= 11 is 1.31. The largest absolute Gasteiger partial charge is 0.342 e. The maximum absolute atomic E-state index is 12.9. The van der Waals surface area contributed by atoms with Crippen LogP contribution in [0.1, 0.15) is 32.4 Å². The van der Waals surface area contributed by atoms with E-state index in [9.17, 15) is 14.4 Å². The van der Waals surface area contributed by atoms with Crippen molar-refractivity contribution in [2.75, 3.05) is 24.2 Å². The predicted octanol–water partition coefficient (Wildman–Crippen LogP) is 2.80. The van der Waals surface area contributed by atoms with Gasteiger partial charge in [-0.05, 0) is 44.7 Å². The lowest BCUT2D eigenvalue weighted by molar-refractivity contribution is -0.129. The van der Waals surface area contributed by atoms with E-state index in [0.717, 1.165) is 31.6 Å². The number of benzene rings is 1. The van der Waals surface area contributed by atoms with Crippen LogP contribution in [0.4, 0.5) is 5.69 Å². The van der Waals surface area contributed by atoms with Crippen molar-refractivity contribution in [3.8, 4) is 5.69 Å². The highest BCUT2D eigenvalue weighted by Gasteiger charge is 2.24. The topological polar surface area (TPSA) is 76.3 Å². The van der Waals surface area contributed by atoms with E-state index in [1.165, 1.54) is 16.4 Å². The summed E-state index contributed by atoms with van der Waals surface area (Å²) in [5.41, 5.74) is 1.41. The quantitative estimate of drug-likeness (QED) is 0.765. The minimum atomic E-state index is -0.443. The second kappa shape index (κ2) is 9.55. The van der Waals surface area contributed by atoms with Crippen LogP contribution in [0.15, 0.2) is 35.1 Å². The van der Waals surface area contributed by atoms with Gasteiger partial charge in [-0.25, -0.2) is 4.68 Å². The highest BCUT2D eigenvalue weighted by Crippen LogP contribution is 2.20. The van der Waals surface area contributed by atoms with Gasteiger partial charge in [-0.2, -0.15) is 0 Å². The van der Waals surface area contributed by atoms with E-state index in [4.69, 9.17) is 0 Å². The summed E-state index contributed by atoms with van der Waals surface area (Å²) in [7, 11) is 1.79. The molecule has 8 heteroatoms. The minimum Gasteiger partial charge on any atom is -0.342 e. The molecule has 3 rings (SSSR count). The molecular weight excluding hydrogens is 400 g/mol. The van der Waals surface area contributed by atoms with E-state index < -0.39 is 5.25 Å². The van der Waals surface area contributed by atoms with Gasteiger partial charge in [-0.15, -0.1) is 11.8 Å². The van der Waals surface area contributed by atoms with Gasteiger partial charge in [0, 0.05) is 20.1 Å². The standard InChI is InChI=1S/C22H30N4O3S/c1-15-10-12-25(13-11-15)19(27)14-30-17(3)21(28)23-20-16(2)24(4)26(22(20)29)18-8-6-5-7-9-18/h5-9,15,17H,10-14H2,1-4H3,(H,23,28). The molecule has 0 radical (unpaired) electrons. The number of anilines is 1. The molecule has 1 unspecified atom stereocenters. The molecule has 1 aliphatic rings. The minimum absolute atomic E-state index is 0.0777. The van der Waals surface area contributed by atoms with Crippen molar-refractivity contribution >= 4 is 29.3 Å². The molecule has 2 amide bonds. The first-order valence-corrected chi connectivity index (χ1v) is 11.4. The third kappa shape index (κ3) is 4.80. The molecule has 1 aromatic carbocycles. The number of para-hydroxylation sites is 1. The van der Waals surface area contributed by atoms with Crippen molar-refractivity contribution in [3.05, 3.63) is 46.4 Å². The van der Waals surface area contributed by atoms with E-state index in [1.54, 1.807) is 25.6 Å². The van der Waals surface area contributed by atoms with Gasteiger partial charge < -0.3 is 10.2 Å². The summed E-state index contributed by atoms with van der Waals surface area (Å²) in [6.45, 7) is 7.36. The molecular formula is C22H30N4O3S. The Morgan fingerprint density at radius 3 is 2.47 bits per heavy atom. The Kier molecular flexibility index (Phi) is 7.07. The van der Waals surface area contributed by atoms with Crippen molar-refractivity contribution < 1.29 is 9.59 Å². The number of hydrogen-bond donors (Lipinski definition) is 1. The molecule has 1 saturated heterocycles. The van der Waals surface area contributed by atoms with Crippen LogP contribution in [0.25, 0.3) is 5.69 Å². The first kappa shape index (κ1) is 22.2. The summed E-state index contributed by atoms with van der Waals surface area (Å²) in [6.07, 6.45) is 2.07. The highest BCUT2D eigenvalue weighted by atomic mass is 32.2. The molecule has 1 aliphatic heterocycles. The van der Waals surface area contributed by atoms with Gasteiger partial charge in [0.1, 0.15) is 5.69 Å². The average Bonchev–Trinajstić information content (AvgIpc) is 2.96. The van der Waals surface area contributed by atoms with Crippen LogP contribution >= 0.6 is 11.8 Å². The Labute approximate surface area is 181 Å². The van der Waals surface area contributed by atoms with Crippen LogP contribution in [0, 0.1) is 12.8 Å². The Morgan fingerprint density at radius 2 is 1.83 bits per heavy atom. The molecule has 0 aliphatic carbocycles. The van der Waals surface area contributed by atoms with Crippen LogP contribution in [0.5, 0.6) is 0 Å². The normalized spacial score (nSPS) is 15.8. The molecule has 1 fully saturated rings. The zero-order chi connectivity index (χ0) is 21.8. The third-order valence-electron chi connectivity index (χ3n) is 5.76. The summed E-state index contributed by atoms with van der Waals surface area (Å²) in [5.74, 6) is 0.741. The number of hydrogen-bond acceptors (Lipinski definition) is 4. The van der Waals surface area contributed by atoms with Gasteiger partial charge in [-0.3, -0.25) is 19.1 Å². The van der Waals surface area contributed by atoms with Gasteiger partial charge in [0.25, 0.3) is 5.56 Å². The van der Waals surface area contributed by atoms with E-state index in [-0.39, 0.29) is 28.8 Å². The smallest absolute Gasteiger partial charge is 0.295 e. The molecule has 0 spiro atoms. The molecule has 2 heterocycles. The van der Waals surface area contributed by atoms with Crippen LogP contribution in [0.2, 0.25) is 0 Å². The number of nitrogens with zero attached hydrogens (tertiary/aromatic N) is 3. The van der Waals surface area contributed by atoms with Crippen LogP contribution in [0.3, 0.4) is 0 Å². The third-order valence-corrected chi connectivity index (χ3v) is 6.89. The SMILES string of the molecule is Cc1c(NC(=O)C(C)SCC(=O)N2CCC(C)CC2)c(=O)n(-c2ccccc2)n1C. The first-order valence-electron chi connectivity index (χ1n) is 10.3. The number of nitrogens with one attached hydrogen (secondary N) is 1. The second-order valence-electron chi connectivity index (χ2n) is 7.94. The lowest BCUT2D eigenvalue weighted by Gasteiger charge is -2.30.